The van der Waals surface area contributed by atoms with Crippen molar-refractivity contribution in [2.24, 2.45) is 11.7 Å². The maximum Gasteiger partial charge on any atom is 0.227 e. The second kappa shape index (κ2) is 2.54. The van der Waals surface area contributed by atoms with Crippen LogP contribution in [0.25, 0.3) is 0 Å². The SMILES string of the molecule is CN1CCC(C(N)=O)C1=S. The summed E-state index contributed by atoms with van der Waals surface area (Å²) in [5, 5.41) is 0. The van der Waals surface area contributed by atoms with Gasteiger partial charge in [-0.1, -0.05) is 12.2 Å². The maximum absolute atomic E-state index is 10.7. The zero-order valence-corrected chi connectivity index (χ0v) is 6.65. The largest absolute Gasteiger partial charge is 0.369 e. The van der Waals surface area contributed by atoms with Crippen molar-refractivity contribution in [3.05, 3.63) is 0 Å². The molecule has 10 heavy (non-hydrogen) atoms. The Bertz CT molecular complexity index is 181. The lowest BCUT2D eigenvalue weighted by Crippen LogP contribution is -2.29. The lowest BCUT2D eigenvalue weighted by atomic mass is 10.1. The molecular formula is C6H10N2OS. The smallest absolute Gasteiger partial charge is 0.227 e. The molecule has 0 radical (unpaired) electrons. The standard InChI is InChI=1S/C6H10N2OS/c1-8-3-2-4(5(7)9)6(8)10/h4H,2-3H2,1H3,(H2,7,9). The van der Waals surface area contributed by atoms with Crippen molar-refractivity contribution in [1.82, 2.24) is 4.90 Å². The summed E-state index contributed by atoms with van der Waals surface area (Å²) >= 11 is 4.96. The van der Waals surface area contributed by atoms with Gasteiger partial charge in [0, 0.05) is 13.6 Å². The van der Waals surface area contributed by atoms with Crippen molar-refractivity contribution in [1.29, 1.82) is 0 Å². The highest BCUT2D eigenvalue weighted by Gasteiger charge is 2.29. The molecule has 1 aliphatic heterocycles. The summed E-state index contributed by atoms with van der Waals surface area (Å²) < 4.78 is 0. The first kappa shape index (κ1) is 7.47. The van der Waals surface area contributed by atoms with Gasteiger partial charge in [-0.05, 0) is 6.42 Å². The molecule has 56 valence electrons. The van der Waals surface area contributed by atoms with Crippen LogP contribution in [0.3, 0.4) is 0 Å². The van der Waals surface area contributed by atoms with Gasteiger partial charge in [0.1, 0.15) is 0 Å². The van der Waals surface area contributed by atoms with Gasteiger partial charge in [-0.15, -0.1) is 0 Å². The molecule has 1 saturated heterocycles. The van der Waals surface area contributed by atoms with Gasteiger partial charge in [0.15, 0.2) is 0 Å². The Hall–Kier alpha value is -0.640. The first-order valence-electron chi connectivity index (χ1n) is 3.17. The first-order chi connectivity index (χ1) is 4.63. The molecule has 0 saturated carbocycles. The molecule has 3 nitrogen and oxygen atoms in total. The van der Waals surface area contributed by atoms with Crippen molar-refractivity contribution in [2.45, 2.75) is 6.42 Å². The van der Waals surface area contributed by atoms with Crippen LogP contribution in [0.2, 0.25) is 0 Å². The fourth-order valence-electron chi connectivity index (χ4n) is 1.09. The summed E-state index contributed by atoms with van der Waals surface area (Å²) in [6.45, 7) is 0.854. The molecule has 1 heterocycles. The van der Waals surface area contributed by atoms with Crippen LogP contribution in [0, 0.1) is 5.92 Å². The van der Waals surface area contributed by atoms with Crippen molar-refractivity contribution in [3.8, 4) is 0 Å². The third-order valence-electron chi connectivity index (χ3n) is 1.77. The predicted octanol–water partition coefficient (Wildman–Crippen LogP) is -0.249. The van der Waals surface area contributed by atoms with Crippen LogP contribution in [-0.2, 0) is 4.79 Å². The number of carbonyl (C=O) groups is 1. The van der Waals surface area contributed by atoms with Gasteiger partial charge in [-0.3, -0.25) is 4.79 Å². The third kappa shape index (κ3) is 1.11. The Morgan fingerprint density at radius 2 is 2.50 bits per heavy atom. The summed E-state index contributed by atoms with van der Waals surface area (Å²) in [6.07, 6.45) is 0.782. The number of hydrogen-bond acceptors (Lipinski definition) is 2. The lowest BCUT2D eigenvalue weighted by molar-refractivity contribution is -0.119. The van der Waals surface area contributed by atoms with Gasteiger partial charge in [0.05, 0.1) is 10.9 Å². The minimum atomic E-state index is -0.297. The van der Waals surface area contributed by atoms with Gasteiger partial charge >= 0.3 is 0 Å². The lowest BCUT2D eigenvalue weighted by Gasteiger charge is -2.10. The topological polar surface area (TPSA) is 46.3 Å². The minimum Gasteiger partial charge on any atom is -0.369 e. The number of amides is 1. The summed E-state index contributed by atoms with van der Waals surface area (Å²) in [5.74, 6) is -0.491. The van der Waals surface area contributed by atoms with E-state index in [1.54, 1.807) is 0 Å². The number of rotatable bonds is 1. The number of primary amides is 1. The Labute approximate surface area is 65.2 Å². The fraction of sp³-hybridized carbons (Fsp3) is 0.667. The number of likely N-dealkylation sites (tertiary alicyclic amines) is 1. The van der Waals surface area contributed by atoms with E-state index in [9.17, 15) is 4.79 Å². The van der Waals surface area contributed by atoms with Crippen LogP contribution in [0.1, 0.15) is 6.42 Å². The molecule has 0 aromatic rings. The minimum absolute atomic E-state index is 0.194. The molecule has 1 rings (SSSR count). The molecule has 0 aromatic carbocycles. The number of carbonyl (C=O) groups excluding carboxylic acids is 1. The van der Waals surface area contributed by atoms with E-state index in [4.69, 9.17) is 18.0 Å². The maximum atomic E-state index is 10.7. The molecular weight excluding hydrogens is 148 g/mol. The molecule has 1 fully saturated rings. The molecule has 1 atom stereocenters. The van der Waals surface area contributed by atoms with Gasteiger partial charge in [0.2, 0.25) is 5.91 Å². The van der Waals surface area contributed by atoms with Gasteiger partial charge in [-0.25, -0.2) is 0 Å². The summed E-state index contributed by atoms with van der Waals surface area (Å²) in [7, 11) is 1.88. The van der Waals surface area contributed by atoms with Crippen LogP contribution >= 0.6 is 12.2 Å². The Balaban J connectivity index is 2.66. The van der Waals surface area contributed by atoms with E-state index in [1.807, 2.05) is 11.9 Å². The van der Waals surface area contributed by atoms with E-state index in [0.717, 1.165) is 13.0 Å². The predicted molar refractivity (Wildman–Crippen MR) is 42.5 cm³/mol. The highest BCUT2D eigenvalue weighted by atomic mass is 32.1. The molecule has 0 bridgehead atoms. The molecule has 0 aliphatic carbocycles. The van der Waals surface area contributed by atoms with Crippen molar-refractivity contribution >= 4 is 23.1 Å². The normalized spacial score (nSPS) is 25.5. The second-order valence-electron chi connectivity index (χ2n) is 2.50. The fourth-order valence-corrected chi connectivity index (χ4v) is 1.41. The highest BCUT2D eigenvalue weighted by molar-refractivity contribution is 7.80. The van der Waals surface area contributed by atoms with Crippen molar-refractivity contribution in [3.63, 3.8) is 0 Å². The molecule has 2 N–H and O–H groups in total. The quantitative estimate of drug-likeness (QED) is 0.535. The van der Waals surface area contributed by atoms with Crippen molar-refractivity contribution in [2.75, 3.05) is 13.6 Å². The van der Waals surface area contributed by atoms with E-state index in [1.165, 1.54) is 0 Å². The van der Waals surface area contributed by atoms with Crippen LogP contribution in [0.15, 0.2) is 0 Å². The second-order valence-corrected chi connectivity index (χ2v) is 2.92. The van der Waals surface area contributed by atoms with E-state index in [0.29, 0.717) is 4.99 Å². The Kier molecular flexibility index (Phi) is 1.89. The average molecular weight is 158 g/mol. The Morgan fingerprint density at radius 3 is 2.70 bits per heavy atom. The molecule has 0 spiro atoms. The summed E-state index contributed by atoms with van der Waals surface area (Å²) in [5.41, 5.74) is 5.10. The monoisotopic (exact) mass is 158 g/mol. The molecule has 1 aliphatic rings. The Morgan fingerprint density at radius 1 is 1.90 bits per heavy atom. The number of nitrogens with zero attached hydrogens (tertiary/aromatic N) is 1. The van der Waals surface area contributed by atoms with E-state index in [-0.39, 0.29) is 11.8 Å². The van der Waals surface area contributed by atoms with Crippen LogP contribution in [-0.4, -0.2) is 29.4 Å². The van der Waals surface area contributed by atoms with E-state index in [2.05, 4.69) is 0 Å². The van der Waals surface area contributed by atoms with Crippen LogP contribution in [0.4, 0.5) is 0 Å². The number of thiocarbonyl (C=S) groups is 1. The summed E-state index contributed by atoms with van der Waals surface area (Å²) in [4.78, 5) is 13.2. The highest BCUT2D eigenvalue weighted by Crippen LogP contribution is 2.16. The zero-order chi connectivity index (χ0) is 7.72. The van der Waals surface area contributed by atoms with Crippen LogP contribution in [0.5, 0.6) is 0 Å². The van der Waals surface area contributed by atoms with Gasteiger partial charge in [0.25, 0.3) is 0 Å². The number of hydrogen-bond donors (Lipinski definition) is 1. The average Bonchev–Trinajstić information content (AvgIpc) is 2.14. The van der Waals surface area contributed by atoms with E-state index < -0.39 is 0 Å². The zero-order valence-electron chi connectivity index (χ0n) is 5.83. The third-order valence-corrected chi connectivity index (χ3v) is 2.37. The van der Waals surface area contributed by atoms with E-state index >= 15 is 0 Å². The molecule has 1 amide bonds. The molecule has 1 unspecified atom stereocenters. The van der Waals surface area contributed by atoms with Gasteiger partial charge < -0.3 is 10.6 Å². The van der Waals surface area contributed by atoms with Gasteiger partial charge in [-0.2, -0.15) is 0 Å². The first-order valence-corrected chi connectivity index (χ1v) is 3.58. The summed E-state index contributed by atoms with van der Waals surface area (Å²) in [6, 6.07) is 0. The van der Waals surface area contributed by atoms with Crippen molar-refractivity contribution < 1.29 is 4.79 Å². The van der Waals surface area contributed by atoms with Crippen LogP contribution < -0.4 is 5.73 Å². The molecule has 4 heteroatoms. The molecule has 0 aromatic heterocycles. The number of nitrogens with two attached hydrogens (primary N) is 1.